The quantitative estimate of drug-likeness (QED) is 0.330. The number of nitrogens with zero attached hydrogens (tertiary/aromatic N) is 6. The normalized spacial score (nSPS) is 14.3. The van der Waals surface area contributed by atoms with Crippen molar-refractivity contribution in [3.05, 3.63) is 90.2 Å². The zero-order valence-electron chi connectivity index (χ0n) is 21.1. The molecule has 0 bridgehead atoms. The SMILES string of the molecule is C=C(c1ccc2c(Cl)cc(-c3ccccc3)nc2c1)N1CCN(C(=C)c2cn(C(C)(C)C)nn2)CC1. The van der Waals surface area contributed by atoms with Gasteiger partial charge in [0.25, 0.3) is 0 Å². The van der Waals surface area contributed by atoms with Crippen LogP contribution in [0.5, 0.6) is 0 Å². The largest absolute Gasteiger partial charge is 0.368 e. The van der Waals surface area contributed by atoms with E-state index >= 15 is 0 Å². The molecule has 1 aliphatic rings. The molecule has 2 aromatic carbocycles. The molecule has 0 N–H and O–H groups in total. The summed E-state index contributed by atoms with van der Waals surface area (Å²) in [6.07, 6.45) is 1.98. The summed E-state index contributed by atoms with van der Waals surface area (Å²) in [5.41, 5.74) is 6.45. The number of aromatic nitrogens is 4. The fraction of sp³-hybridized carbons (Fsp3) is 0.276. The van der Waals surface area contributed by atoms with Gasteiger partial charge in [-0.1, -0.05) is 72.4 Å². The van der Waals surface area contributed by atoms with E-state index in [1.54, 1.807) is 0 Å². The van der Waals surface area contributed by atoms with Crippen molar-refractivity contribution in [3.63, 3.8) is 0 Å². The molecule has 5 rings (SSSR count). The van der Waals surface area contributed by atoms with Crippen molar-refractivity contribution in [2.75, 3.05) is 26.2 Å². The lowest BCUT2D eigenvalue weighted by Crippen LogP contribution is -2.44. The maximum Gasteiger partial charge on any atom is 0.128 e. The monoisotopic (exact) mass is 498 g/mol. The van der Waals surface area contributed by atoms with E-state index < -0.39 is 0 Å². The summed E-state index contributed by atoms with van der Waals surface area (Å²) in [7, 11) is 0. The van der Waals surface area contributed by atoms with Gasteiger partial charge in [-0.2, -0.15) is 0 Å². The summed E-state index contributed by atoms with van der Waals surface area (Å²) in [4.78, 5) is 9.50. The lowest BCUT2D eigenvalue weighted by molar-refractivity contribution is 0.239. The Kier molecular flexibility index (Phi) is 6.31. The van der Waals surface area contributed by atoms with Gasteiger partial charge in [-0.15, -0.1) is 5.10 Å². The molecule has 3 heterocycles. The lowest BCUT2D eigenvalue weighted by atomic mass is 10.1. The molecule has 6 nitrogen and oxygen atoms in total. The van der Waals surface area contributed by atoms with Crippen LogP contribution in [0.3, 0.4) is 0 Å². The number of rotatable bonds is 5. The molecule has 0 saturated carbocycles. The molecule has 1 aliphatic heterocycles. The van der Waals surface area contributed by atoms with Crippen molar-refractivity contribution in [3.8, 4) is 11.3 Å². The van der Waals surface area contributed by atoms with E-state index in [4.69, 9.17) is 16.6 Å². The molecule has 2 aromatic heterocycles. The molecule has 1 fully saturated rings. The number of hydrogen-bond acceptors (Lipinski definition) is 5. The van der Waals surface area contributed by atoms with Gasteiger partial charge < -0.3 is 9.80 Å². The van der Waals surface area contributed by atoms with Crippen LogP contribution in [0.1, 0.15) is 32.0 Å². The Hall–Kier alpha value is -3.64. The summed E-state index contributed by atoms with van der Waals surface area (Å²) in [6, 6.07) is 18.2. The summed E-state index contributed by atoms with van der Waals surface area (Å²) in [5, 5.41) is 10.3. The Morgan fingerprint density at radius 2 is 1.56 bits per heavy atom. The third-order valence-electron chi connectivity index (χ3n) is 6.68. The summed E-state index contributed by atoms with van der Waals surface area (Å²) in [6.45, 7) is 18.4. The minimum atomic E-state index is -0.108. The van der Waals surface area contributed by atoms with Crippen molar-refractivity contribution in [2.24, 2.45) is 0 Å². The predicted molar refractivity (Wildman–Crippen MR) is 148 cm³/mol. The Morgan fingerprint density at radius 3 is 2.19 bits per heavy atom. The minimum Gasteiger partial charge on any atom is -0.368 e. The first-order valence-electron chi connectivity index (χ1n) is 12.2. The van der Waals surface area contributed by atoms with Gasteiger partial charge in [-0.3, -0.25) is 0 Å². The zero-order chi connectivity index (χ0) is 25.4. The highest BCUT2D eigenvalue weighted by Gasteiger charge is 2.23. The third-order valence-corrected chi connectivity index (χ3v) is 6.99. The first-order valence-corrected chi connectivity index (χ1v) is 12.6. The Labute approximate surface area is 217 Å². The summed E-state index contributed by atoms with van der Waals surface area (Å²) in [5.74, 6) is 0. The first-order chi connectivity index (χ1) is 17.2. The molecule has 184 valence electrons. The molecule has 0 spiro atoms. The van der Waals surface area contributed by atoms with Gasteiger partial charge in [0.15, 0.2) is 0 Å². The van der Waals surface area contributed by atoms with E-state index in [1.807, 2.05) is 53.3 Å². The molecule has 4 aromatic rings. The molecule has 0 radical (unpaired) electrons. The van der Waals surface area contributed by atoms with E-state index in [9.17, 15) is 0 Å². The number of hydrogen-bond donors (Lipinski definition) is 0. The van der Waals surface area contributed by atoms with Crippen molar-refractivity contribution in [1.29, 1.82) is 0 Å². The molecule has 1 saturated heterocycles. The molecule has 0 atom stereocenters. The van der Waals surface area contributed by atoms with Crippen LogP contribution in [0.25, 0.3) is 33.6 Å². The maximum atomic E-state index is 6.62. The molecule has 0 aliphatic carbocycles. The van der Waals surface area contributed by atoms with Gasteiger partial charge in [0.05, 0.1) is 33.7 Å². The van der Waals surface area contributed by atoms with E-state index in [0.29, 0.717) is 5.02 Å². The first kappa shape index (κ1) is 24.1. The molecule has 0 unspecified atom stereocenters. The predicted octanol–water partition coefficient (Wildman–Crippen LogP) is 6.16. The van der Waals surface area contributed by atoms with Gasteiger partial charge in [-0.05, 0) is 38.5 Å². The van der Waals surface area contributed by atoms with Crippen molar-refractivity contribution in [1.82, 2.24) is 29.8 Å². The van der Waals surface area contributed by atoms with Crippen LogP contribution >= 0.6 is 11.6 Å². The zero-order valence-corrected chi connectivity index (χ0v) is 21.8. The topological polar surface area (TPSA) is 50.1 Å². The van der Waals surface area contributed by atoms with Gasteiger partial charge >= 0.3 is 0 Å². The van der Waals surface area contributed by atoms with E-state index in [2.05, 4.69) is 66.2 Å². The van der Waals surface area contributed by atoms with Gasteiger partial charge in [-0.25, -0.2) is 9.67 Å². The van der Waals surface area contributed by atoms with Gasteiger partial charge in [0.1, 0.15) is 5.69 Å². The number of benzene rings is 2. The summed E-state index contributed by atoms with van der Waals surface area (Å²) < 4.78 is 1.88. The molecule has 36 heavy (non-hydrogen) atoms. The Balaban J connectivity index is 1.30. The van der Waals surface area contributed by atoms with Crippen LogP contribution in [-0.4, -0.2) is 56.0 Å². The van der Waals surface area contributed by atoms with Crippen LogP contribution in [0, 0.1) is 0 Å². The fourth-order valence-corrected chi connectivity index (χ4v) is 4.70. The van der Waals surface area contributed by atoms with Crippen molar-refractivity contribution in [2.45, 2.75) is 26.3 Å². The summed E-state index contributed by atoms with van der Waals surface area (Å²) >= 11 is 6.62. The fourth-order valence-electron chi connectivity index (χ4n) is 4.44. The van der Waals surface area contributed by atoms with Crippen molar-refractivity contribution < 1.29 is 0 Å². The van der Waals surface area contributed by atoms with Gasteiger partial charge in [0, 0.05) is 42.8 Å². The van der Waals surface area contributed by atoms with E-state index in [1.165, 1.54) is 0 Å². The number of halogens is 1. The smallest absolute Gasteiger partial charge is 0.128 e. The van der Waals surface area contributed by atoms with Crippen molar-refractivity contribution >= 4 is 33.9 Å². The lowest BCUT2D eigenvalue weighted by Gasteiger charge is -2.38. The average molecular weight is 499 g/mol. The molecular weight excluding hydrogens is 468 g/mol. The Bertz CT molecular complexity index is 1430. The van der Waals surface area contributed by atoms with Gasteiger partial charge in [0.2, 0.25) is 0 Å². The second-order valence-corrected chi connectivity index (χ2v) is 10.6. The second kappa shape index (κ2) is 9.43. The highest BCUT2D eigenvalue weighted by molar-refractivity contribution is 6.35. The minimum absolute atomic E-state index is 0.108. The molecule has 7 heteroatoms. The number of fused-ring (bicyclic) bond motifs is 1. The van der Waals surface area contributed by atoms with E-state index in [-0.39, 0.29) is 5.54 Å². The van der Waals surface area contributed by atoms with Crippen LogP contribution in [-0.2, 0) is 5.54 Å². The van der Waals surface area contributed by atoms with Crippen LogP contribution < -0.4 is 0 Å². The highest BCUT2D eigenvalue weighted by Crippen LogP contribution is 2.31. The van der Waals surface area contributed by atoms with Crippen LogP contribution in [0.15, 0.2) is 74.0 Å². The van der Waals surface area contributed by atoms with E-state index in [0.717, 1.165) is 71.0 Å². The number of pyridine rings is 1. The van der Waals surface area contributed by atoms with Crippen LogP contribution in [0.2, 0.25) is 5.02 Å². The Morgan fingerprint density at radius 1 is 0.889 bits per heavy atom. The second-order valence-electron chi connectivity index (χ2n) is 10.2. The molecular formula is C29H31ClN6. The van der Waals surface area contributed by atoms with Crippen LogP contribution in [0.4, 0.5) is 0 Å². The highest BCUT2D eigenvalue weighted by atomic mass is 35.5. The average Bonchev–Trinajstić information content (AvgIpc) is 3.39. The molecule has 0 amide bonds. The maximum absolute atomic E-state index is 6.62. The third kappa shape index (κ3) is 4.73. The standard InChI is InChI=1S/C29H31ClN6/c1-20(34-13-15-35(16-14-34)21(2)28-19-36(33-32-28)29(3,4)5)23-11-12-24-25(30)18-26(31-27(24)17-23)22-9-7-6-8-10-22/h6-12,17-19H,1-2,13-16H2,3-5H3. The number of piperazine rings is 1.